The maximum absolute atomic E-state index is 13.0. The molecule has 0 aliphatic heterocycles. The number of carbonyl (C=O) groups is 1. The third kappa shape index (κ3) is 5.17. The Hall–Kier alpha value is -2.90. The highest BCUT2D eigenvalue weighted by molar-refractivity contribution is 5.92. The number of esters is 1. The molecule has 0 amide bonds. The number of hydrogen-bond acceptors (Lipinski definition) is 4. The van der Waals surface area contributed by atoms with Gasteiger partial charge in [0.25, 0.3) is 0 Å². The lowest BCUT2D eigenvalue weighted by Crippen LogP contribution is -2.21. The number of halogens is 3. The standard InChI is InChI=1S/C22H24F3NO4/c1-20(2,3)15-11-16(21(4,5)6)18(17(12-15)26(28)29)30-19(27)13-8-7-9-14(10-13)22(23,24)25/h7-12H,1-6H3. The van der Waals surface area contributed by atoms with Gasteiger partial charge in [-0.1, -0.05) is 53.7 Å². The molecule has 0 atom stereocenters. The van der Waals surface area contributed by atoms with Crippen LogP contribution in [0.25, 0.3) is 0 Å². The molecule has 0 spiro atoms. The van der Waals surface area contributed by atoms with Crippen LogP contribution in [0.3, 0.4) is 0 Å². The molecule has 0 aliphatic carbocycles. The largest absolute Gasteiger partial charge is 0.416 e. The highest BCUT2D eigenvalue weighted by Crippen LogP contribution is 2.42. The maximum Gasteiger partial charge on any atom is 0.416 e. The zero-order valence-electron chi connectivity index (χ0n) is 17.7. The van der Waals surface area contributed by atoms with Gasteiger partial charge in [-0.3, -0.25) is 10.1 Å². The summed E-state index contributed by atoms with van der Waals surface area (Å²) in [5.41, 5.74) is -1.71. The Labute approximate surface area is 173 Å². The van der Waals surface area contributed by atoms with Crippen molar-refractivity contribution in [1.29, 1.82) is 0 Å². The summed E-state index contributed by atoms with van der Waals surface area (Å²) in [6.45, 7) is 11.1. The van der Waals surface area contributed by atoms with E-state index in [1.54, 1.807) is 26.8 Å². The molecule has 5 nitrogen and oxygen atoms in total. The van der Waals surface area contributed by atoms with E-state index in [2.05, 4.69) is 0 Å². The van der Waals surface area contributed by atoms with Gasteiger partial charge in [0, 0.05) is 11.6 Å². The average Bonchev–Trinajstić information content (AvgIpc) is 2.59. The number of nitro groups is 1. The molecule has 0 N–H and O–H groups in total. The van der Waals surface area contributed by atoms with Crippen LogP contribution in [0.15, 0.2) is 36.4 Å². The van der Waals surface area contributed by atoms with E-state index >= 15 is 0 Å². The molecule has 0 aromatic heterocycles. The minimum atomic E-state index is -4.63. The number of benzene rings is 2. The van der Waals surface area contributed by atoms with Gasteiger partial charge >= 0.3 is 17.8 Å². The van der Waals surface area contributed by atoms with E-state index in [0.717, 1.165) is 12.1 Å². The molecule has 0 heterocycles. The SMILES string of the molecule is CC(C)(C)c1cc([N+](=O)[O-])c(OC(=O)c2cccc(C(F)(F)F)c2)c(C(C)(C)C)c1. The second kappa shape index (κ2) is 7.74. The molecule has 0 fully saturated rings. The highest BCUT2D eigenvalue weighted by Gasteiger charge is 2.34. The first kappa shape index (κ1) is 23.4. The fourth-order valence-electron chi connectivity index (χ4n) is 2.82. The van der Waals surface area contributed by atoms with Gasteiger partial charge in [0.2, 0.25) is 5.75 Å². The van der Waals surface area contributed by atoms with Gasteiger partial charge in [0.1, 0.15) is 0 Å². The molecule has 2 rings (SSSR count). The molecule has 30 heavy (non-hydrogen) atoms. The van der Waals surface area contributed by atoms with Gasteiger partial charge in [-0.2, -0.15) is 13.2 Å². The zero-order chi connectivity index (χ0) is 23.1. The molecular formula is C22H24F3NO4. The van der Waals surface area contributed by atoms with Crippen LogP contribution in [0.5, 0.6) is 5.75 Å². The van der Waals surface area contributed by atoms with Gasteiger partial charge in [-0.25, -0.2) is 4.79 Å². The van der Waals surface area contributed by atoms with Crippen LogP contribution in [0.4, 0.5) is 18.9 Å². The van der Waals surface area contributed by atoms with Gasteiger partial charge in [0.05, 0.1) is 16.1 Å². The van der Waals surface area contributed by atoms with Crippen molar-refractivity contribution >= 4 is 11.7 Å². The van der Waals surface area contributed by atoms with Gasteiger partial charge in [-0.15, -0.1) is 0 Å². The van der Waals surface area contributed by atoms with E-state index in [1.807, 2.05) is 20.8 Å². The van der Waals surface area contributed by atoms with E-state index < -0.39 is 39.1 Å². The monoisotopic (exact) mass is 423 g/mol. The van der Waals surface area contributed by atoms with Crippen molar-refractivity contribution in [2.75, 3.05) is 0 Å². The van der Waals surface area contributed by atoms with Crippen LogP contribution in [0, 0.1) is 10.1 Å². The fourth-order valence-corrected chi connectivity index (χ4v) is 2.82. The minimum Gasteiger partial charge on any atom is -0.415 e. The van der Waals surface area contributed by atoms with E-state index in [1.165, 1.54) is 12.1 Å². The molecule has 2 aromatic carbocycles. The van der Waals surface area contributed by atoms with Crippen LogP contribution < -0.4 is 4.74 Å². The average molecular weight is 423 g/mol. The Morgan fingerprint density at radius 3 is 2.00 bits per heavy atom. The van der Waals surface area contributed by atoms with Crippen molar-refractivity contribution in [1.82, 2.24) is 0 Å². The third-order valence-corrected chi connectivity index (χ3v) is 4.56. The molecule has 0 bridgehead atoms. The number of hydrogen-bond donors (Lipinski definition) is 0. The van der Waals surface area contributed by atoms with Crippen molar-refractivity contribution in [3.05, 3.63) is 68.8 Å². The fraction of sp³-hybridized carbons (Fsp3) is 0.409. The van der Waals surface area contributed by atoms with Crippen molar-refractivity contribution in [3.63, 3.8) is 0 Å². The summed E-state index contributed by atoms with van der Waals surface area (Å²) < 4.78 is 44.2. The van der Waals surface area contributed by atoms with E-state index in [4.69, 9.17) is 4.74 Å². The Morgan fingerprint density at radius 2 is 1.53 bits per heavy atom. The summed E-state index contributed by atoms with van der Waals surface area (Å²) in [7, 11) is 0. The van der Waals surface area contributed by atoms with E-state index in [-0.39, 0.29) is 11.3 Å². The van der Waals surface area contributed by atoms with Crippen LogP contribution in [-0.4, -0.2) is 10.9 Å². The van der Waals surface area contributed by atoms with Crippen LogP contribution in [0.1, 0.15) is 68.6 Å². The molecule has 0 saturated heterocycles. The molecule has 162 valence electrons. The summed E-state index contributed by atoms with van der Waals surface area (Å²) in [6.07, 6.45) is -4.63. The molecule has 0 unspecified atom stereocenters. The number of carbonyl (C=O) groups excluding carboxylic acids is 1. The lowest BCUT2D eigenvalue weighted by Gasteiger charge is -2.26. The number of alkyl halides is 3. The number of rotatable bonds is 3. The van der Waals surface area contributed by atoms with Gasteiger partial charge in [0.15, 0.2) is 0 Å². The Bertz CT molecular complexity index is 983. The lowest BCUT2D eigenvalue weighted by molar-refractivity contribution is -0.385. The zero-order valence-corrected chi connectivity index (χ0v) is 17.7. The lowest BCUT2D eigenvalue weighted by atomic mass is 9.79. The molecule has 0 aliphatic rings. The summed E-state index contributed by atoms with van der Waals surface area (Å²) in [6, 6.07) is 6.82. The smallest absolute Gasteiger partial charge is 0.415 e. The second-order valence-electron chi connectivity index (χ2n) is 9.10. The minimum absolute atomic E-state index is 0.261. The first-order valence-electron chi connectivity index (χ1n) is 9.24. The Kier molecular flexibility index (Phi) is 6.03. The second-order valence-corrected chi connectivity index (χ2v) is 9.10. The number of ether oxygens (including phenoxy) is 1. The molecule has 2 aromatic rings. The van der Waals surface area contributed by atoms with Crippen molar-refractivity contribution in [2.24, 2.45) is 0 Å². The topological polar surface area (TPSA) is 69.4 Å². The first-order valence-corrected chi connectivity index (χ1v) is 9.24. The summed E-state index contributed by atoms with van der Waals surface area (Å²) in [5.74, 6) is -1.36. The molecular weight excluding hydrogens is 399 g/mol. The first-order chi connectivity index (χ1) is 13.5. The summed E-state index contributed by atoms with van der Waals surface area (Å²) in [4.78, 5) is 23.7. The molecule has 8 heteroatoms. The Balaban J connectivity index is 2.63. The predicted molar refractivity (Wildman–Crippen MR) is 107 cm³/mol. The highest BCUT2D eigenvalue weighted by atomic mass is 19.4. The summed E-state index contributed by atoms with van der Waals surface area (Å²) >= 11 is 0. The van der Waals surface area contributed by atoms with E-state index in [9.17, 15) is 28.1 Å². The molecule has 0 radical (unpaired) electrons. The maximum atomic E-state index is 13.0. The van der Waals surface area contributed by atoms with Crippen LogP contribution >= 0.6 is 0 Å². The number of nitro benzene ring substituents is 1. The Morgan fingerprint density at radius 1 is 0.933 bits per heavy atom. The number of nitrogens with zero attached hydrogens (tertiary/aromatic N) is 1. The van der Waals surface area contributed by atoms with Crippen LogP contribution in [0.2, 0.25) is 0 Å². The van der Waals surface area contributed by atoms with Crippen molar-refractivity contribution < 1.29 is 27.6 Å². The molecule has 0 saturated carbocycles. The van der Waals surface area contributed by atoms with Crippen LogP contribution in [-0.2, 0) is 17.0 Å². The normalized spacial score (nSPS) is 12.6. The third-order valence-electron chi connectivity index (χ3n) is 4.56. The van der Waals surface area contributed by atoms with Gasteiger partial charge in [-0.05, 0) is 34.6 Å². The van der Waals surface area contributed by atoms with Crippen molar-refractivity contribution in [2.45, 2.75) is 58.5 Å². The summed E-state index contributed by atoms with van der Waals surface area (Å²) in [5, 5.41) is 11.7. The van der Waals surface area contributed by atoms with Crippen molar-refractivity contribution in [3.8, 4) is 5.75 Å². The van der Waals surface area contributed by atoms with Gasteiger partial charge < -0.3 is 4.74 Å². The quantitative estimate of drug-likeness (QED) is 0.247. The predicted octanol–water partition coefficient (Wildman–Crippen LogP) is 6.43. The van der Waals surface area contributed by atoms with E-state index in [0.29, 0.717) is 17.2 Å².